The second kappa shape index (κ2) is 7.46. The summed E-state index contributed by atoms with van der Waals surface area (Å²) in [5.74, 6) is -0.226. The van der Waals surface area contributed by atoms with Gasteiger partial charge in [-0.15, -0.1) is 12.4 Å². The molecule has 1 atom stereocenters. The molecule has 1 aromatic rings. The van der Waals surface area contributed by atoms with Gasteiger partial charge in [-0.05, 0) is 6.07 Å². The van der Waals surface area contributed by atoms with E-state index in [1.54, 1.807) is 0 Å². The molecule has 0 fully saturated rings. The first-order chi connectivity index (χ1) is 9.55. The zero-order valence-electron chi connectivity index (χ0n) is 11.1. The minimum absolute atomic E-state index is 0. The van der Waals surface area contributed by atoms with E-state index in [0.717, 1.165) is 0 Å². The molecule has 0 spiro atoms. The number of anilines is 2. The molecule has 1 heterocycles. The summed E-state index contributed by atoms with van der Waals surface area (Å²) in [4.78, 5) is 23.0. The molecule has 0 radical (unpaired) electrons. The molecule has 2 amide bonds. The number of rotatable bonds is 4. The van der Waals surface area contributed by atoms with Crippen LogP contribution in [0.25, 0.3) is 0 Å². The van der Waals surface area contributed by atoms with Gasteiger partial charge in [0.05, 0.1) is 16.4 Å². The Morgan fingerprint density at radius 1 is 1.62 bits per heavy atom. The van der Waals surface area contributed by atoms with E-state index in [0.29, 0.717) is 17.1 Å². The molecular formula is C12H15Cl2N3O4. The molecule has 4 N–H and O–H groups in total. The second-order valence-corrected chi connectivity index (χ2v) is 4.52. The number of hydrogen-bond donors (Lipinski definition) is 3. The van der Waals surface area contributed by atoms with E-state index in [-0.39, 0.29) is 36.5 Å². The van der Waals surface area contributed by atoms with E-state index in [1.165, 1.54) is 19.2 Å². The number of halogens is 2. The summed E-state index contributed by atoms with van der Waals surface area (Å²) in [7, 11) is 1.39. The first kappa shape index (κ1) is 17.5. The van der Waals surface area contributed by atoms with Crippen LogP contribution in [0.4, 0.5) is 11.4 Å². The van der Waals surface area contributed by atoms with Gasteiger partial charge < -0.3 is 25.8 Å². The molecule has 1 aromatic carbocycles. The van der Waals surface area contributed by atoms with Crippen molar-refractivity contribution in [2.24, 2.45) is 5.73 Å². The summed E-state index contributed by atoms with van der Waals surface area (Å²) in [5.41, 5.74) is 6.24. The lowest BCUT2D eigenvalue weighted by Gasteiger charge is -2.20. The lowest BCUT2D eigenvalue weighted by Crippen LogP contribution is -2.36. The minimum atomic E-state index is -0.761. The van der Waals surface area contributed by atoms with Gasteiger partial charge in [0.2, 0.25) is 0 Å². The molecule has 1 aliphatic heterocycles. The first-order valence-electron chi connectivity index (χ1n) is 5.85. The molecule has 0 aromatic heterocycles. The van der Waals surface area contributed by atoms with E-state index < -0.39 is 12.0 Å². The van der Waals surface area contributed by atoms with E-state index >= 15 is 0 Å². The molecule has 1 aliphatic rings. The van der Waals surface area contributed by atoms with Crippen LogP contribution in [0.1, 0.15) is 0 Å². The van der Waals surface area contributed by atoms with Gasteiger partial charge >= 0.3 is 0 Å². The highest BCUT2D eigenvalue weighted by molar-refractivity contribution is 6.34. The van der Waals surface area contributed by atoms with Crippen LogP contribution >= 0.6 is 24.0 Å². The third-order valence-electron chi connectivity index (χ3n) is 2.75. The fraction of sp³-hybridized carbons (Fsp3) is 0.333. The maximum Gasteiger partial charge on any atom is 0.262 e. The SMILES string of the molecule is COC(CN)C(=O)Nc1cc2c(cc1Cl)NC(=O)CO2.Cl. The fourth-order valence-corrected chi connectivity index (χ4v) is 1.93. The number of carbonyl (C=O) groups is 2. The average molecular weight is 336 g/mol. The molecular weight excluding hydrogens is 321 g/mol. The molecule has 0 bridgehead atoms. The van der Waals surface area contributed by atoms with Crippen molar-refractivity contribution in [2.75, 3.05) is 30.9 Å². The molecule has 9 heteroatoms. The average Bonchev–Trinajstić information content (AvgIpc) is 2.41. The Bertz CT molecular complexity index is 550. The molecule has 0 saturated carbocycles. The lowest BCUT2D eigenvalue weighted by atomic mass is 10.2. The zero-order valence-corrected chi connectivity index (χ0v) is 12.7. The zero-order chi connectivity index (χ0) is 14.7. The second-order valence-electron chi connectivity index (χ2n) is 4.11. The molecule has 7 nitrogen and oxygen atoms in total. The van der Waals surface area contributed by atoms with Crippen LogP contribution in [0.15, 0.2) is 12.1 Å². The van der Waals surface area contributed by atoms with Crippen molar-refractivity contribution >= 4 is 47.2 Å². The van der Waals surface area contributed by atoms with Crippen molar-refractivity contribution in [3.63, 3.8) is 0 Å². The smallest absolute Gasteiger partial charge is 0.262 e. The van der Waals surface area contributed by atoms with Crippen LogP contribution in [0.3, 0.4) is 0 Å². The van der Waals surface area contributed by atoms with Crippen molar-refractivity contribution in [3.05, 3.63) is 17.2 Å². The highest BCUT2D eigenvalue weighted by atomic mass is 35.5. The number of amides is 2. The van der Waals surface area contributed by atoms with Crippen molar-refractivity contribution in [1.29, 1.82) is 0 Å². The van der Waals surface area contributed by atoms with Crippen LogP contribution in [0, 0.1) is 0 Å². The lowest BCUT2D eigenvalue weighted by molar-refractivity contribution is -0.125. The third-order valence-corrected chi connectivity index (χ3v) is 3.06. The molecule has 1 unspecified atom stereocenters. The van der Waals surface area contributed by atoms with Gasteiger partial charge in [-0.2, -0.15) is 0 Å². The van der Waals surface area contributed by atoms with E-state index in [2.05, 4.69) is 10.6 Å². The fourth-order valence-electron chi connectivity index (χ4n) is 1.72. The molecule has 0 aliphatic carbocycles. The Hall–Kier alpha value is -1.54. The van der Waals surface area contributed by atoms with Gasteiger partial charge in [0.25, 0.3) is 11.8 Å². The largest absolute Gasteiger partial charge is 0.482 e. The normalized spacial score (nSPS) is 14.1. The van der Waals surface area contributed by atoms with Crippen LogP contribution in [-0.2, 0) is 14.3 Å². The van der Waals surface area contributed by atoms with Gasteiger partial charge in [0.1, 0.15) is 11.9 Å². The Balaban J connectivity index is 0.00000220. The number of benzene rings is 1. The summed E-state index contributed by atoms with van der Waals surface area (Å²) in [5, 5.41) is 5.50. The van der Waals surface area contributed by atoms with Gasteiger partial charge in [0, 0.05) is 19.7 Å². The summed E-state index contributed by atoms with van der Waals surface area (Å²) >= 11 is 6.05. The third kappa shape index (κ3) is 3.98. The number of nitrogens with two attached hydrogens (primary N) is 1. The van der Waals surface area contributed by atoms with Gasteiger partial charge in [-0.3, -0.25) is 9.59 Å². The summed E-state index contributed by atoms with van der Waals surface area (Å²) in [6, 6.07) is 3.05. The van der Waals surface area contributed by atoms with Crippen LogP contribution < -0.4 is 21.1 Å². The maximum absolute atomic E-state index is 11.9. The predicted molar refractivity (Wildman–Crippen MR) is 81.3 cm³/mol. The summed E-state index contributed by atoms with van der Waals surface area (Å²) < 4.78 is 10.2. The number of carbonyl (C=O) groups excluding carboxylic acids is 2. The molecule has 116 valence electrons. The number of ether oxygens (including phenoxy) is 2. The van der Waals surface area contributed by atoms with Crippen molar-refractivity contribution in [3.8, 4) is 5.75 Å². The highest BCUT2D eigenvalue weighted by Gasteiger charge is 2.21. The highest BCUT2D eigenvalue weighted by Crippen LogP contribution is 2.36. The predicted octanol–water partition coefficient (Wildman–Crippen LogP) is 1.00. The standard InChI is InChI=1S/C12H14ClN3O4.ClH/c1-19-10(4-14)12(18)16-7-3-9-8(2-6(7)13)15-11(17)5-20-9;/h2-3,10H,4-5,14H2,1H3,(H,15,17)(H,16,18);1H. The van der Waals surface area contributed by atoms with E-state index in [9.17, 15) is 9.59 Å². The van der Waals surface area contributed by atoms with Crippen LogP contribution in [0.5, 0.6) is 5.75 Å². The summed E-state index contributed by atoms with van der Waals surface area (Å²) in [6.45, 7) is -0.0248. The number of hydrogen-bond acceptors (Lipinski definition) is 5. The minimum Gasteiger partial charge on any atom is -0.482 e. The number of methoxy groups -OCH3 is 1. The molecule has 0 saturated heterocycles. The van der Waals surface area contributed by atoms with Gasteiger partial charge in [-0.25, -0.2) is 0 Å². The van der Waals surface area contributed by atoms with Crippen LogP contribution in [-0.4, -0.2) is 38.2 Å². The monoisotopic (exact) mass is 335 g/mol. The van der Waals surface area contributed by atoms with Crippen molar-refractivity contribution in [1.82, 2.24) is 0 Å². The Morgan fingerprint density at radius 3 is 2.95 bits per heavy atom. The Kier molecular flexibility index (Phi) is 6.22. The summed E-state index contributed by atoms with van der Waals surface area (Å²) in [6.07, 6.45) is -0.761. The Labute approximate surface area is 132 Å². The van der Waals surface area contributed by atoms with Crippen molar-refractivity contribution in [2.45, 2.75) is 6.10 Å². The molecule has 21 heavy (non-hydrogen) atoms. The van der Waals surface area contributed by atoms with Crippen LogP contribution in [0.2, 0.25) is 5.02 Å². The van der Waals surface area contributed by atoms with Gasteiger partial charge in [-0.1, -0.05) is 11.6 Å². The Morgan fingerprint density at radius 2 is 2.33 bits per heavy atom. The topological polar surface area (TPSA) is 103 Å². The quantitative estimate of drug-likeness (QED) is 0.761. The number of fused-ring (bicyclic) bond motifs is 1. The van der Waals surface area contributed by atoms with Gasteiger partial charge in [0.15, 0.2) is 6.61 Å². The van der Waals surface area contributed by atoms with E-state index in [1.807, 2.05) is 0 Å². The van der Waals surface area contributed by atoms with Crippen molar-refractivity contribution < 1.29 is 19.1 Å². The van der Waals surface area contributed by atoms with E-state index in [4.69, 9.17) is 26.8 Å². The molecule has 2 rings (SSSR count). The maximum atomic E-state index is 11.9. The number of nitrogens with one attached hydrogen (secondary N) is 2. The first-order valence-corrected chi connectivity index (χ1v) is 6.23.